The van der Waals surface area contributed by atoms with Gasteiger partial charge in [0, 0.05) is 12.1 Å². The third-order valence-electron chi connectivity index (χ3n) is 3.93. The maximum absolute atomic E-state index is 11.0. The van der Waals surface area contributed by atoms with Crippen molar-refractivity contribution in [1.82, 2.24) is 4.90 Å². The van der Waals surface area contributed by atoms with Crippen molar-refractivity contribution in [2.24, 2.45) is 0 Å². The Balaban J connectivity index is 2.01. The molecule has 1 aliphatic carbocycles. The lowest BCUT2D eigenvalue weighted by Crippen LogP contribution is -2.44. The van der Waals surface area contributed by atoms with Crippen LogP contribution in [0, 0.1) is 0 Å². The van der Waals surface area contributed by atoms with Crippen LogP contribution >= 0.6 is 0 Å². The Morgan fingerprint density at radius 3 is 2.43 bits per heavy atom. The maximum atomic E-state index is 11.0. The summed E-state index contributed by atoms with van der Waals surface area (Å²) in [7, 11) is 0. The summed E-state index contributed by atoms with van der Waals surface area (Å²) in [6.45, 7) is 2.28. The normalized spacial score (nSPS) is 36.1. The molecular formula is C12H21NO. The van der Waals surface area contributed by atoms with E-state index in [9.17, 15) is 4.79 Å². The number of aldehydes is 1. The zero-order valence-electron chi connectivity index (χ0n) is 9.11. The molecule has 14 heavy (non-hydrogen) atoms. The molecule has 1 heterocycles. The summed E-state index contributed by atoms with van der Waals surface area (Å²) in [5.41, 5.74) is 0. The van der Waals surface area contributed by atoms with E-state index in [1.54, 1.807) is 0 Å². The highest BCUT2D eigenvalue weighted by molar-refractivity contribution is 5.58. The van der Waals surface area contributed by atoms with Crippen molar-refractivity contribution in [2.45, 2.75) is 70.0 Å². The summed E-state index contributed by atoms with van der Waals surface area (Å²) in [6, 6.07) is 1.57. The van der Waals surface area contributed by atoms with Crippen LogP contribution in [0.4, 0.5) is 0 Å². The number of hydrogen-bond donors (Lipinski definition) is 0. The van der Waals surface area contributed by atoms with Crippen LogP contribution in [0.15, 0.2) is 0 Å². The molecular weight excluding hydrogens is 174 g/mol. The van der Waals surface area contributed by atoms with Crippen LogP contribution in [0.25, 0.3) is 0 Å². The smallest absolute Gasteiger partial charge is 0.137 e. The first-order chi connectivity index (χ1) is 6.83. The van der Waals surface area contributed by atoms with Gasteiger partial charge in [-0.05, 0) is 32.6 Å². The SMILES string of the molecule is CC1CCC(C=O)N1C1CCCCC1. The van der Waals surface area contributed by atoms with Gasteiger partial charge >= 0.3 is 0 Å². The van der Waals surface area contributed by atoms with E-state index in [-0.39, 0.29) is 6.04 Å². The van der Waals surface area contributed by atoms with Crippen LogP contribution in [0.1, 0.15) is 51.9 Å². The molecule has 2 atom stereocenters. The van der Waals surface area contributed by atoms with Gasteiger partial charge < -0.3 is 4.79 Å². The summed E-state index contributed by atoms with van der Waals surface area (Å²) >= 11 is 0. The Hall–Kier alpha value is -0.370. The Labute approximate surface area is 86.7 Å². The second kappa shape index (κ2) is 4.43. The molecule has 0 aromatic heterocycles. The highest BCUT2D eigenvalue weighted by Crippen LogP contribution is 2.31. The monoisotopic (exact) mass is 195 g/mol. The first-order valence-electron chi connectivity index (χ1n) is 6.05. The van der Waals surface area contributed by atoms with E-state index >= 15 is 0 Å². The van der Waals surface area contributed by atoms with Crippen LogP contribution in [-0.4, -0.2) is 29.3 Å². The van der Waals surface area contributed by atoms with E-state index in [2.05, 4.69) is 11.8 Å². The van der Waals surface area contributed by atoms with Gasteiger partial charge in [0.05, 0.1) is 6.04 Å². The molecule has 1 aliphatic heterocycles. The van der Waals surface area contributed by atoms with Crippen molar-refractivity contribution in [2.75, 3.05) is 0 Å². The van der Waals surface area contributed by atoms with Crippen molar-refractivity contribution in [3.8, 4) is 0 Å². The quantitative estimate of drug-likeness (QED) is 0.630. The van der Waals surface area contributed by atoms with E-state index in [0.717, 1.165) is 12.7 Å². The van der Waals surface area contributed by atoms with Gasteiger partial charge in [0.15, 0.2) is 0 Å². The molecule has 2 aliphatic rings. The van der Waals surface area contributed by atoms with Gasteiger partial charge in [-0.25, -0.2) is 0 Å². The lowest BCUT2D eigenvalue weighted by Gasteiger charge is -2.36. The zero-order chi connectivity index (χ0) is 9.97. The molecule has 1 saturated carbocycles. The lowest BCUT2D eigenvalue weighted by molar-refractivity contribution is -0.113. The predicted octanol–water partition coefficient (Wildman–Crippen LogP) is 2.37. The molecule has 2 nitrogen and oxygen atoms in total. The van der Waals surface area contributed by atoms with Crippen LogP contribution in [0.3, 0.4) is 0 Å². The van der Waals surface area contributed by atoms with Crippen LogP contribution in [0.2, 0.25) is 0 Å². The molecule has 0 spiro atoms. The van der Waals surface area contributed by atoms with Gasteiger partial charge in [-0.3, -0.25) is 4.90 Å². The number of nitrogens with zero attached hydrogens (tertiary/aromatic N) is 1. The van der Waals surface area contributed by atoms with Crippen molar-refractivity contribution < 1.29 is 4.79 Å². The molecule has 2 fully saturated rings. The van der Waals surface area contributed by atoms with Crippen LogP contribution in [-0.2, 0) is 4.79 Å². The number of carbonyl (C=O) groups excluding carboxylic acids is 1. The second-order valence-corrected chi connectivity index (χ2v) is 4.87. The predicted molar refractivity (Wildman–Crippen MR) is 57.3 cm³/mol. The van der Waals surface area contributed by atoms with Crippen LogP contribution in [0.5, 0.6) is 0 Å². The largest absolute Gasteiger partial charge is 0.302 e. The first kappa shape index (κ1) is 10.2. The number of hydrogen-bond acceptors (Lipinski definition) is 2. The van der Waals surface area contributed by atoms with Gasteiger partial charge in [0.25, 0.3) is 0 Å². The van der Waals surface area contributed by atoms with Gasteiger partial charge in [0.1, 0.15) is 6.29 Å². The Morgan fingerprint density at radius 1 is 1.07 bits per heavy atom. The number of rotatable bonds is 2. The number of likely N-dealkylation sites (tertiary alicyclic amines) is 1. The minimum absolute atomic E-state index is 0.230. The molecule has 80 valence electrons. The standard InChI is InChI=1S/C12H21NO/c1-10-7-8-12(9-14)13(10)11-5-3-2-4-6-11/h9-12H,2-8H2,1H3. The molecule has 0 radical (unpaired) electrons. The van der Waals surface area contributed by atoms with E-state index in [1.807, 2.05) is 0 Å². The third-order valence-corrected chi connectivity index (χ3v) is 3.93. The second-order valence-electron chi connectivity index (χ2n) is 4.87. The summed E-state index contributed by atoms with van der Waals surface area (Å²) < 4.78 is 0. The lowest BCUT2D eigenvalue weighted by atomic mass is 9.93. The summed E-state index contributed by atoms with van der Waals surface area (Å²) in [5.74, 6) is 0. The fourth-order valence-corrected chi connectivity index (χ4v) is 3.19. The Kier molecular flexibility index (Phi) is 3.22. The highest BCUT2D eigenvalue weighted by atomic mass is 16.1. The molecule has 2 heteroatoms. The van der Waals surface area contributed by atoms with E-state index in [0.29, 0.717) is 12.1 Å². The van der Waals surface area contributed by atoms with E-state index in [1.165, 1.54) is 38.5 Å². The summed E-state index contributed by atoms with van der Waals surface area (Å²) in [4.78, 5) is 13.5. The molecule has 0 bridgehead atoms. The van der Waals surface area contributed by atoms with Gasteiger partial charge in [-0.2, -0.15) is 0 Å². The fourth-order valence-electron chi connectivity index (χ4n) is 3.19. The van der Waals surface area contributed by atoms with Gasteiger partial charge in [-0.1, -0.05) is 19.3 Å². The van der Waals surface area contributed by atoms with Crippen LogP contribution < -0.4 is 0 Å². The molecule has 0 aromatic carbocycles. The van der Waals surface area contributed by atoms with Crippen molar-refractivity contribution in [3.63, 3.8) is 0 Å². The molecule has 2 unspecified atom stereocenters. The number of carbonyl (C=O) groups is 1. The maximum Gasteiger partial charge on any atom is 0.137 e. The van der Waals surface area contributed by atoms with Crippen molar-refractivity contribution in [1.29, 1.82) is 0 Å². The third kappa shape index (κ3) is 1.85. The molecule has 2 rings (SSSR count). The topological polar surface area (TPSA) is 20.3 Å². The summed E-state index contributed by atoms with van der Waals surface area (Å²) in [5, 5.41) is 0. The average molecular weight is 195 g/mol. The van der Waals surface area contributed by atoms with Crippen molar-refractivity contribution >= 4 is 6.29 Å². The summed E-state index contributed by atoms with van der Waals surface area (Å²) in [6.07, 6.45) is 10.2. The van der Waals surface area contributed by atoms with Gasteiger partial charge in [-0.15, -0.1) is 0 Å². The molecule has 0 amide bonds. The fraction of sp³-hybridized carbons (Fsp3) is 0.917. The first-order valence-corrected chi connectivity index (χ1v) is 6.05. The van der Waals surface area contributed by atoms with Gasteiger partial charge in [0.2, 0.25) is 0 Å². The Bertz CT molecular complexity index is 198. The average Bonchev–Trinajstić information content (AvgIpc) is 2.61. The highest BCUT2D eigenvalue weighted by Gasteiger charge is 2.35. The molecule has 0 aromatic rings. The molecule has 1 saturated heterocycles. The minimum atomic E-state index is 0.230. The zero-order valence-corrected chi connectivity index (χ0v) is 9.11. The minimum Gasteiger partial charge on any atom is -0.302 e. The van der Waals surface area contributed by atoms with E-state index < -0.39 is 0 Å². The van der Waals surface area contributed by atoms with Crippen molar-refractivity contribution in [3.05, 3.63) is 0 Å². The molecule has 0 N–H and O–H groups in total. The van der Waals surface area contributed by atoms with E-state index in [4.69, 9.17) is 0 Å². The Morgan fingerprint density at radius 2 is 1.79 bits per heavy atom.